The molecular weight excluding hydrogens is 465 g/mol. The molecule has 35 heavy (non-hydrogen) atoms. The van der Waals surface area contributed by atoms with Crippen LogP contribution in [0.5, 0.6) is 5.88 Å². The normalized spacial score (nSPS) is 17.8. The second-order valence-electron chi connectivity index (χ2n) is 7.81. The van der Waals surface area contributed by atoms with E-state index in [-0.39, 0.29) is 24.7 Å². The molecule has 3 aromatic rings. The number of pyridine rings is 2. The van der Waals surface area contributed by atoms with Crippen molar-refractivity contribution in [1.82, 2.24) is 20.2 Å². The van der Waals surface area contributed by atoms with Gasteiger partial charge in [0.1, 0.15) is 6.61 Å². The summed E-state index contributed by atoms with van der Waals surface area (Å²) >= 11 is 0. The molecule has 0 aliphatic carbocycles. The summed E-state index contributed by atoms with van der Waals surface area (Å²) in [7, 11) is 0. The number of nitrogens with zero attached hydrogens (tertiary/aromatic N) is 3. The van der Waals surface area contributed by atoms with Gasteiger partial charge in [-0.25, -0.2) is 19.5 Å². The average molecular weight is 486 g/mol. The molecule has 0 unspecified atom stereocenters. The van der Waals surface area contributed by atoms with E-state index in [1.807, 2.05) is 24.3 Å². The number of amides is 3. The van der Waals surface area contributed by atoms with Crippen LogP contribution in [-0.2, 0) is 17.5 Å². The first kappa shape index (κ1) is 24.0. The predicted molar refractivity (Wildman–Crippen MR) is 119 cm³/mol. The smallest absolute Gasteiger partial charge is 0.419 e. The molecule has 0 bridgehead atoms. The minimum atomic E-state index is -4.68. The Labute approximate surface area is 198 Å². The molecule has 11 heteroatoms. The topological polar surface area (TPSA) is 93.7 Å². The van der Waals surface area contributed by atoms with Crippen LogP contribution in [0.25, 0.3) is 10.8 Å². The van der Waals surface area contributed by atoms with Crippen molar-refractivity contribution >= 4 is 22.9 Å². The minimum absolute atomic E-state index is 0.0642. The van der Waals surface area contributed by atoms with Crippen LogP contribution in [0.4, 0.5) is 22.8 Å². The molecular formula is C24H21F3N4O4. The van der Waals surface area contributed by atoms with Crippen molar-refractivity contribution in [2.75, 3.05) is 6.61 Å². The quantitative estimate of drug-likeness (QED) is 0.493. The number of urea groups is 1. The van der Waals surface area contributed by atoms with E-state index >= 15 is 0 Å². The van der Waals surface area contributed by atoms with E-state index in [1.165, 1.54) is 13.0 Å². The Morgan fingerprint density at radius 2 is 2.06 bits per heavy atom. The summed E-state index contributed by atoms with van der Waals surface area (Å²) < 4.78 is 50.7. The van der Waals surface area contributed by atoms with Gasteiger partial charge in [0.2, 0.25) is 5.88 Å². The van der Waals surface area contributed by atoms with E-state index < -0.39 is 36.0 Å². The molecule has 182 valence electrons. The van der Waals surface area contributed by atoms with Crippen LogP contribution >= 0.6 is 0 Å². The number of hydrogen-bond donors (Lipinski definition) is 1. The van der Waals surface area contributed by atoms with E-state index in [4.69, 9.17) is 9.47 Å². The highest BCUT2D eigenvalue weighted by Crippen LogP contribution is 2.37. The van der Waals surface area contributed by atoms with Gasteiger partial charge in [0.05, 0.1) is 17.3 Å². The predicted octanol–water partition coefficient (Wildman–Crippen LogP) is 5.01. The number of fused-ring (bicyclic) bond motifs is 1. The summed E-state index contributed by atoms with van der Waals surface area (Å²) in [5.74, 6) is -0.302. The van der Waals surface area contributed by atoms with Crippen LogP contribution in [-0.4, -0.2) is 39.6 Å². The van der Waals surface area contributed by atoms with Gasteiger partial charge in [0, 0.05) is 30.4 Å². The van der Waals surface area contributed by atoms with E-state index in [0.29, 0.717) is 0 Å². The number of imide groups is 1. The maximum absolute atomic E-state index is 13.4. The summed E-state index contributed by atoms with van der Waals surface area (Å²) in [6, 6.07) is 7.32. The van der Waals surface area contributed by atoms with Crippen molar-refractivity contribution in [3.63, 3.8) is 0 Å². The van der Waals surface area contributed by atoms with Gasteiger partial charge >= 0.3 is 18.3 Å². The first-order valence-electron chi connectivity index (χ1n) is 10.6. The largest absolute Gasteiger partial charge is 0.473 e. The van der Waals surface area contributed by atoms with E-state index in [0.717, 1.165) is 33.4 Å². The lowest BCUT2D eigenvalue weighted by molar-refractivity contribution is -0.137. The Hall–Kier alpha value is -4.15. The molecule has 0 spiro atoms. The number of nitrogens with one attached hydrogen (secondary N) is 1. The maximum atomic E-state index is 13.4. The third kappa shape index (κ3) is 5.03. The zero-order chi connectivity index (χ0) is 25.2. The van der Waals surface area contributed by atoms with Crippen LogP contribution in [0.3, 0.4) is 0 Å². The Morgan fingerprint density at radius 1 is 1.29 bits per heavy atom. The lowest BCUT2D eigenvalue weighted by Crippen LogP contribution is -2.44. The third-order valence-electron chi connectivity index (χ3n) is 5.46. The first-order chi connectivity index (χ1) is 16.7. The fourth-order valence-electron chi connectivity index (χ4n) is 3.77. The van der Waals surface area contributed by atoms with E-state index in [9.17, 15) is 22.8 Å². The van der Waals surface area contributed by atoms with Crippen molar-refractivity contribution in [3.8, 4) is 5.88 Å². The van der Waals surface area contributed by atoms with E-state index in [1.54, 1.807) is 12.4 Å². The number of carbonyl (C=O) groups excluding carboxylic acids is 2. The standard InChI is InChI=1S/C24H21F3N4O4/c1-3-8-34-20-10-17(24(25,26)27)9-19(30-20)21-14(2)31(23(33)35-21)22(32)29-13-16-12-28-11-15-6-4-5-7-18(15)16/h3-7,9-12,14,21H,1,8,13H2,2H3,(H,29,32)/t14-,21-/m0/s1. The molecule has 2 atom stereocenters. The van der Waals surface area contributed by atoms with Gasteiger partial charge < -0.3 is 14.8 Å². The van der Waals surface area contributed by atoms with Crippen molar-refractivity contribution in [2.45, 2.75) is 31.8 Å². The van der Waals surface area contributed by atoms with Gasteiger partial charge in [-0.1, -0.05) is 36.9 Å². The molecule has 4 rings (SSSR count). The highest BCUT2D eigenvalue weighted by molar-refractivity contribution is 5.93. The first-order valence-corrected chi connectivity index (χ1v) is 10.6. The van der Waals surface area contributed by atoms with Gasteiger partial charge in [-0.3, -0.25) is 4.98 Å². The fourth-order valence-corrected chi connectivity index (χ4v) is 3.77. The Bertz CT molecular complexity index is 1280. The minimum Gasteiger partial charge on any atom is -0.473 e. The fraction of sp³-hybridized carbons (Fsp3) is 0.250. The molecule has 0 saturated carbocycles. The monoisotopic (exact) mass is 486 g/mol. The molecule has 1 saturated heterocycles. The zero-order valence-electron chi connectivity index (χ0n) is 18.6. The number of carbonyl (C=O) groups is 2. The highest BCUT2D eigenvalue weighted by Gasteiger charge is 2.45. The number of rotatable bonds is 6. The summed E-state index contributed by atoms with van der Waals surface area (Å²) in [6.07, 6.45) is -2.24. The molecule has 1 aliphatic rings. The lowest BCUT2D eigenvalue weighted by atomic mass is 10.1. The van der Waals surface area contributed by atoms with Gasteiger partial charge in [0.25, 0.3) is 0 Å². The van der Waals surface area contributed by atoms with Gasteiger partial charge in [-0.2, -0.15) is 13.2 Å². The highest BCUT2D eigenvalue weighted by atomic mass is 19.4. The molecule has 1 aliphatic heterocycles. The van der Waals surface area contributed by atoms with Crippen molar-refractivity contribution in [2.24, 2.45) is 0 Å². The number of ether oxygens (including phenoxy) is 2. The van der Waals surface area contributed by atoms with Gasteiger partial charge in [-0.05, 0) is 23.9 Å². The number of benzene rings is 1. The second-order valence-corrected chi connectivity index (χ2v) is 7.81. The summed E-state index contributed by atoms with van der Waals surface area (Å²) in [4.78, 5) is 34.4. The average Bonchev–Trinajstić information content (AvgIpc) is 3.14. The van der Waals surface area contributed by atoms with Crippen LogP contribution in [0.15, 0.2) is 61.4 Å². The Morgan fingerprint density at radius 3 is 2.80 bits per heavy atom. The van der Waals surface area contributed by atoms with Crippen LogP contribution < -0.4 is 10.1 Å². The molecule has 1 fully saturated rings. The van der Waals surface area contributed by atoms with Crippen LogP contribution in [0.1, 0.15) is 29.8 Å². The molecule has 8 nitrogen and oxygen atoms in total. The zero-order valence-corrected chi connectivity index (χ0v) is 18.6. The summed E-state index contributed by atoms with van der Waals surface area (Å²) in [5.41, 5.74) is -0.471. The van der Waals surface area contributed by atoms with Gasteiger partial charge in [-0.15, -0.1) is 0 Å². The molecule has 3 heterocycles. The number of hydrogen-bond acceptors (Lipinski definition) is 6. The van der Waals surface area contributed by atoms with Gasteiger partial charge in [0.15, 0.2) is 6.10 Å². The van der Waals surface area contributed by atoms with Crippen molar-refractivity contribution in [3.05, 3.63) is 78.3 Å². The number of halogens is 3. The number of alkyl halides is 3. The van der Waals surface area contributed by atoms with Crippen molar-refractivity contribution in [1.29, 1.82) is 0 Å². The van der Waals surface area contributed by atoms with Crippen LogP contribution in [0.2, 0.25) is 0 Å². The molecule has 2 aromatic heterocycles. The molecule has 0 radical (unpaired) electrons. The second kappa shape index (κ2) is 9.61. The Kier molecular flexibility index (Phi) is 6.59. The molecule has 1 N–H and O–H groups in total. The maximum Gasteiger partial charge on any atom is 0.419 e. The van der Waals surface area contributed by atoms with Crippen molar-refractivity contribution < 1.29 is 32.2 Å². The lowest BCUT2D eigenvalue weighted by Gasteiger charge is -2.20. The molecule has 3 amide bonds. The third-order valence-corrected chi connectivity index (χ3v) is 5.46. The Balaban J connectivity index is 1.54. The number of aromatic nitrogens is 2. The van der Waals surface area contributed by atoms with Crippen LogP contribution in [0, 0.1) is 0 Å². The summed E-state index contributed by atoms with van der Waals surface area (Å²) in [5, 5.41) is 4.43. The summed E-state index contributed by atoms with van der Waals surface area (Å²) in [6.45, 7) is 4.96. The van der Waals surface area contributed by atoms with E-state index in [2.05, 4.69) is 21.9 Å². The number of cyclic esters (lactones) is 1. The molecule has 1 aromatic carbocycles. The SMILES string of the molecule is C=CCOc1cc(C(F)(F)F)cc([C@H]2OC(=O)N(C(=O)NCc3cncc4ccccc34)[C@H]2C)n1.